The predicted molar refractivity (Wildman–Crippen MR) is 80.6 cm³/mol. The maximum atomic E-state index is 13.9. The fraction of sp³-hybridized carbons (Fsp3) is 0.312. The normalized spacial score (nSPS) is 10.6. The first-order valence-electron chi connectivity index (χ1n) is 7.18. The third-order valence-corrected chi connectivity index (χ3v) is 3.33. The van der Waals surface area contributed by atoms with Crippen molar-refractivity contribution in [2.24, 2.45) is 0 Å². The van der Waals surface area contributed by atoms with Crippen molar-refractivity contribution in [3.8, 4) is 11.1 Å². The Morgan fingerprint density at radius 2 is 2.09 bits per heavy atom. The van der Waals surface area contributed by atoms with Crippen LogP contribution in [0.5, 0.6) is 0 Å². The van der Waals surface area contributed by atoms with E-state index in [1.165, 1.54) is 12.1 Å². The van der Waals surface area contributed by atoms with Gasteiger partial charge in [-0.3, -0.25) is 9.59 Å². The van der Waals surface area contributed by atoms with Crippen LogP contribution in [0, 0.1) is 12.7 Å². The number of carbonyl (C=O) groups excluding carboxylic acids is 1. The molecule has 1 amide bonds. The van der Waals surface area contributed by atoms with Crippen LogP contribution in [-0.4, -0.2) is 28.7 Å². The molecule has 1 heterocycles. The maximum absolute atomic E-state index is 13.9. The summed E-state index contributed by atoms with van der Waals surface area (Å²) in [4.78, 5) is 22.5. The second kappa shape index (κ2) is 7.04. The van der Waals surface area contributed by atoms with Crippen LogP contribution >= 0.6 is 0 Å². The van der Waals surface area contributed by atoms with Gasteiger partial charge in [-0.15, -0.1) is 0 Å². The molecule has 0 bridgehead atoms. The molecule has 0 saturated carbocycles. The Labute approximate surface area is 132 Å². The lowest BCUT2D eigenvalue weighted by molar-refractivity contribution is -0.136. The molecule has 0 spiro atoms. The summed E-state index contributed by atoms with van der Waals surface area (Å²) < 4.78 is 19.1. The minimum absolute atomic E-state index is 0.0213. The van der Waals surface area contributed by atoms with E-state index in [0.717, 1.165) is 6.07 Å². The highest BCUT2D eigenvalue weighted by Crippen LogP contribution is 2.29. The first kappa shape index (κ1) is 16.7. The van der Waals surface area contributed by atoms with E-state index in [0.29, 0.717) is 29.0 Å². The Hall–Kier alpha value is -2.70. The van der Waals surface area contributed by atoms with Crippen molar-refractivity contribution in [3.05, 3.63) is 41.0 Å². The molecule has 0 aliphatic heterocycles. The molecule has 6 nitrogen and oxygen atoms in total. The third-order valence-electron chi connectivity index (χ3n) is 3.33. The van der Waals surface area contributed by atoms with Crippen molar-refractivity contribution in [3.63, 3.8) is 0 Å². The second-order valence-electron chi connectivity index (χ2n) is 5.05. The Morgan fingerprint density at radius 3 is 2.74 bits per heavy atom. The molecule has 2 aromatic rings. The number of amides is 1. The number of aromatic nitrogens is 1. The number of hydrogen-bond acceptors (Lipinski definition) is 4. The van der Waals surface area contributed by atoms with Gasteiger partial charge < -0.3 is 14.9 Å². The first-order chi connectivity index (χ1) is 10.9. The van der Waals surface area contributed by atoms with Gasteiger partial charge in [-0.25, -0.2) is 4.39 Å². The van der Waals surface area contributed by atoms with Gasteiger partial charge in [0.25, 0.3) is 5.91 Å². The number of halogens is 1. The third kappa shape index (κ3) is 3.94. The number of rotatable bonds is 6. The number of benzene rings is 1. The van der Waals surface area contributed by atoms with Crippen LogP contribution in [0.1, 0.15) is 35.2 Å². The molecule has 1 aromatic carbocycles. The van der Waals surface area contributed by atoms with E-state index < -0.39 is 17.7 Å². The fourth-order valence-electron chi connectivity index (χ4n) is 2.28. The van der Waals surface area contributed by atoms with E-state index in [2.05, 4.69) is 10.5 Å². The topological polar surface area (TPSA) is 92.4 Å². The minimum Gasteiger partial charge on any atom is -0.481 e. The SMILES string of the molecule is CCc1onc(C)c1-c1cc(F)cc(C(=O)NCCC(=O)O)c1. The number of nitrogens with one attached hydrogen (secondary N) is 1. The van der Waals surface area contributed by atoms with Crippen LogP contribution in [-0.2, 0) is 11.2 Å². The highest BCUT2D eigenvalue weighted by Gasteiger charge is 2.17. The molecule has 0 fully saturated rings. The number of carboxylic acids is 1. The van der Waals surface area contributed by atoms with Gasteiger partial charge in [-0.2, -0.15) is 0 Å². The molecule has 1 aromatic heterocycles. The van der Waals surface area contributed by atoms with Gasteiger partial charge in [-0.05, 0) is 30.7 Å². The zero-order valence-corrected chi connectivity index (χ0v) is 12.9. The Kier molecular flexibility index (Phi) is 5.10. The number of aliphatic carboxylic acids is 1. The van der Waals surface area contributed by atoms with Crippen LogP contribution < -0.4 is 5.32 Å². The number of hydrogen-bond donors (Lipinski definition) is 2. The number of carbonyl (C=O) groups is 2. The summed E-state index contributed by atoms with van der Waals surface area (Å²) in [5.74, 6) is -1.49. The van der Waals surface area contributed by atoms with E-state index in [1.54, 1.807) is 6.92 Å². The molecule has 0 atom stereocenters. The second-order valence-corrected chi connectivity index (χ2v) is 5.05. The molecule has 2 N–H and O–H groups in total. The predicted octanol–water partition coefficient (Wildman–Crippen LogP) is 2.56. The Morgan fingerprint density at radius 1 is 1.35 bits per heavy atom. The fourth-order valence-corrected chi connectivity index (χ4v) is 2.28. The highest BCUT2D eigenvalue weighted by molar-refractivity contribution is 5.95. The van der Waals surface area contributed by atoms with E-state index in [-0.39, 0.29) is 18.5 Å². The zero-order valence-electron chi connectivity index (χ0n) is 12.9. The van der Waals surface area contributed by atoms with Crippen molar-refractivity contribution in [2.75, 3.05) is 6.54 Å². The summed E-state index contributed by atoms with van der Waals surface area (Å²) in [6.45, 7) is 3.62. The van der Waals surface area contributed by atoms with Gasteiger partial charge in [0.05, 0.1) is 12.1 Å². The van der Waals surface area contributed by atoms with E-state index in [1.807, 2.05) is 6.92 Å². The molecule has 0 aliphatic carbocycles. The van der Waals surface area contributed by atoms with Crippen molar-refractivity contribution in [2.45, 2.75) is 26.7 Å². The molecule has 23 heavy (non-hydrogen) atoms. The van der Waals surface area contributed by atoms with E-state index in [9.17, 15) is 14.0 Å². The molecule has 122 valence electrons. The quantitative estimate of drug-likeness (QED) is 0.853. The lowest BCUT2D eigenvalue weighted by atomic mass is 10.00. The largest absolute Gasteiger partial charge is 0.481 e. The van der Waals surface area contributed by atoms with Crippen LogP contribution in [0.25, 0.3) is 11.1 Å². The van der Waals surface area contributed by atoms with Crippen molar-refractivity contribution in [1.29, 1.82) is 0 Å². The molecule has 2 rings (SSSR count). The minimum atomic E-state index is -1.02. The summed E-state index contributed by atoms with van der Waals surface area (Å²) in [5, 5.41) is 14.9. The van der Waals surface area contributed by atoms with Gasteiger partial charge >= 0.3 is 5.97 Å². The lowest BCUT2D eigenvalue weighted by Crippen LogP contribution is -2.26. The van der Waals surface area contributed by atoms with Crippen molar-refractivity contribution in [1.82, 2.24) is 10.5 Å². The van der Waals surface area contributed by atoms with Crippen molar-refractivity contribution < 1.29 is 23.6 Å². The summed E-state index contributed by atoms with van der Waals surface area (Å²) in [5.41, 5.74) is 1.91. The molecular weight excluding hydrogens is 303 g/mol. The maximum Gasteiger partial charge on any atom is 0.305 e. The van der Waals surface area contributed by atoms with Gasteiger partial charge in [0.2, 0.25) is 0 Å². The lowest BCUT2D eigenvalue weighted by Gasteiger charge is -2.07. The van der Waals surface area contributed by atoms with Crippen LogP contribution in [0.4, 0.5) is 4.39 Å². The molecule has 0 saturated heterocycles. The van der Waals surface area contributed by atoms with Crippen molar-refractivity contribution >= 4 is 11.9 Å². The van der Waals surface area contributed by atoms with Crippen LogP contribution in [0.2, 0.25) is 0 Å². The monoisotopic (exact) mass is 320 g/mol. The standard InChI is InChI=1S/C16H17FN2O4/c1-3-13-15(9(2)19-23-13)10-6-11(8-12(17)7-10)16(22)18-5-4-14(20)21/h6-8H,3-5H2,1-2H3,(H,18,22)(H,20,21). The summed E-state index contributed by atoms with van der Waals surface area (Å²) in [6.07, 6.45) is 0.394. The van der Waals surface area contributed by atoms with E-state index >= 15 is 0 Å². The number of aryl methyl sites for hydroxylation is 2. The smallest absolute Gasteiger partial charge is 0.305 e. The molecular formula is C16H17FN2O4. The number of nitrogens with zero attached hydrogens (tertiary/aromatic N) is 1. The summed E-state index contributed by atoms with van der Waals surface area (Å²) in [7, 11) is 0. The molecule has 7 heteroatoms. The average molecular weight is 320 g/mol. The molecule has 0 unspecified atom stereocenters. The van der Waals surface area contributed by atoms with Crippen LogP contribution in [0.15, 0.2) is 22.7 Å². The van der Waals surface area contributed by atoms with Crippen LogP contribution in [0.3, 0.4) is 0 Å². The number of carboxylic acid groups (broad SMARTS) is 1. The average Bonchev–Trinajstić information content (AvgIpc) is 2.87. The Balaban J connectivity index is 2.30. The van der Waals surface area contributed by atoms with Gasteiger partial charge in [0.15, 0.2) is 0 Å². The van der Waals surface area contributed by atoms with E-state index in [4.69, 9.17) is 9.63 Å². The molecule has 0 aliphatic rings. The highest BCUT2D eigenvalue weighted by atomic mass is 19.1. The van der Waals surface area contributed by atoms with Gasteiger partial charge in [-0.1, -0.05) is 12.1 Å². The first-order valence-corrected chi connectivity index (χ1v) is 7.18. The summed E-state index contributed by atoms with van der Waals surface area (Å²) >= 11 is 0. The summed E-state index contributed by atoms with van der Waals surface area (Å²) in [6, 6.07) is 3.96. The zero-order chi connectivity index (χ0) is 17.0. The van der Waals surface area contributed by atoms with Gasteiger partial charge in [0, 0.05) is 24.1 Å². The Bertz CT molecular complexity index is 740. The van der Waals surface area contributed by atoms with Gasteiger partial charge in [0.1, 0.15) is 11.6 Å². The molecule has 0 radical (unpaired) electrons.